The molecule has 142 valence electrons. The number of hydrogen-bond acceptors (Lipinski definition) is 5. The summed E-state index contributed by atoms with van der Waals surface area (Å²) < 4.78 is 46.8. The summed E-state index contributed by atoms with van der Waals surface area (Å²) in [6.45, 7) is 1.75. The fourth-order valence-corrected chi connectivity index (χ4v) is 3.31. The van der Waals surface area contributed by atoms with E-state index in [0.29, 0.717) is 25.5 Å². The van der Waals surface area contributed by atoms with Crippen molar-refractivity contribution in [3.05, 3.63) is 48.4 Å². The van der Waals surface area contributed by atoms with Crippen molar-refractivity contribution in [1.29, 1.82) is 0 Å². The standard InChI is InChI=1S/C18H18F3N5O/c19-18(20,21)15-9-16(26-17(24-15)22-12-23-26)25-8-4-5-13(10-25)11-27-14-6-2-1-3-7-14/h1-3,6-7,9,12-13H,4-5,8,10-11H2. The van der Waals surface area contributed by atoms with Gasteiger partial charge in [0.2, 0.25) is 0 Å². The van der Waals surface area contributed by atoms with Gasteiger partial charge in [-0.05, 0) is 25.0 Å². The predicted octanol–water partition coefficient (Wildman–Crippen LogP) is 3.44. The summed E-state index contributed by atoms with van der Waals surface area (Å²) in [5.41, 5.74) is -0.958. The van der Waals surface area contributed by atoms with Crippen LogP contribution in [-0.4, -0.2) is 39.3 Å². The van der Waals surface area contributed by atoms with Crippen LogP contribution in [0.25, 0.3) is 5.78 Å². The molecule has 3 heterocycles. The topological polar surface area (TPSA) is 55.6 Å². The van der Waals surface area contributed by atoms with E-state index in [1.165, 1.54) is 10.8 Å². The van der Waals surface area contributed by atoms with E-state index in [9.17, 15) is 13.2 Å². The molecule has 4 rings (SSSR count). The Kier molecular flexibility index (Phi) is 4.59. The van der Waals surface area contributed by atoms with E-state index in [0.717, 1.165) is 24.7 Å². The lowest BCUT2D eigenvalue weighted by atomic mass is 9.99. The lowest BCUT2D eigenvalue weighted by Crippen LogP contribution is -2.39. The highest BCUT2D eigenvalue weighted by Gasteiger charge is 2.35. The van der Waals surface area contributed by atoms with Crippen LogP contribution >= 0.6 is 0 Å². The van der Waals surface area contributed by atoms with Gasteiger partial charge in [-0.15, -0.1) is 0 Å². The molecule has 1 unspecified atom stereocenters. The van der Waals surface area contributed by atoms with Gasteiger partial charge in [-0.3, -0.25) is 0 Å². The molecule has 0 amide bonds. The molecule has 1 aromatic carbocycles. The van der Waals surface area contributed by atoms with Gasteiger partial charge >= 0.3 is 6.18 Å². The van der Waals surface area contributed by atoms with E-state index in [1.54, 1.807) is 0 Å². The lowest BCUT2D eigenvalue weighted by Gasteiger charge is -2.34. The summed E-state index contributed by atoms with van der Waals surface area (Å²) in [4.78, 5) is 9.31. The first-order chi connectivity index (χ1) is 13.0. The van der Waals surface area contributed by atoms with E-state index >= 15 is 0 Å². The maximum absolute atomic E-state index is 13.2. The fourth-order valence-electron chi connectivity index (χ4n) is 3.31. The third-order valence-corrected chi connectivity index (χ3v) is 4.60. The maximum atomic E-state index is 13.2. The van der Waals surface area contributed by atoms with Crippen molar-refractivity contribution in [2.24, 2.45) is 5.92 Å². The van der Waals surface area contributed by atoms with E-state index in [2.05, 4.69) is 15.1 Å². The summed E-state index contributed by atoms with van der Waals surface area (Å²) in [6, 6.07) is 10.5. The van der Waals surface area contributed by atoms with Gasteiger partial charge in [0.25, 0.3) is 5.78 Å². The molecule has 9 heteroatoms. The molecule has 1 aliphatic heterocycles. The lowest BCUT2D eigenvalue weighted by molar-refractivity contribution is -0.141. The molecule has 1 atom stereocenters. The minimum Gasteiger partial charge on any atom is -0.493 e. The van der Waals surface area contributed by atoms with Crippen LogP contribution in [0.15, 0.2) is 42.7 Å². The van der Waals surface area contributed by atoms with Crippen molar-refractivity contribution in [2.75, 3.05) is 24.6 Å². The number of para-hydroxylation sites is 1. The number of hydrogen-bond donors (Lipinski definition) is 0. The molecular weight excluding hydrogens is 359 g/mol. The van der Waals surface area contributed by atoms with Crippen LogP contribution in [0.2, 0.25) is 0 Å². The third kappa shape index (κ3) is 3.81. The quantitative estimate of drug-likeness (QED) is 0.697. The molecule has 0 aliphatic carbocycles. The highest BCUT2D eigenvalue weighted by Crippen LogP contribution is 2.32. The van der Waals surface area contributed by atoms with E-state index in [4.69, 9.17) is 4.74 Å². The second-order valence-electron chi connectivity index (χ2n) is 6.55. The predicted molar refractivity (Wildman–Crippen MR) is 92.7 cm³/mol. The number of nitrogens with zero attached hydrogens (tertiary/aromatic N) is 5. The Morgan fingerprint density at radius 1 is 1.19 bits per heavy atom. The SMILES string of the molecule is FC(F)(F)c1cc(N2CCCC(COc3ccccc3)C2)n2ncnc2n1. The van der Waals surface area contributed by atoms with Crippen LogP contribution in [0.5, 0.6) is 5.75 Å². The number of rotatable bonds is 4. The van der Waals surface area contributed by atoms with E-state index in [1.807, 2.05) is 35.2 Å². The molecule has 0 spiro atoms. The molecule has 1 saturated heterocycles. The van der Waals surface area contributed by atoms with Crippen molar-refractivity contribution in [2.45, 2.75) is 19.0 Å². The second-order valence-corrected chi connectivity index (χ2v) is 6.55. The smallest absolute Gasteiger partial charge is 0.433 e. The first kappa shape index (κ1) is 17.6. The number of halogens is 3. The number of ether oxygens (including phenoxy) is 1. The van der Waals surface area contributed by atoms with Crippen LogP contribution in [0.1, 0.15) is 18.5 Å². The van der Waals surface area contributed by atoms with Crippen molar-refractivity contribution in [3.63, 3.8) is 0 Å². The van der Waals surface area contributed by atoms with Crippen LogP contribution in [0, 0.1) is 5.92 Å². The third-order valence-electron chi connectivity index (χ3n) is 4.60. The second kappa shape index (κ2) is 7.05. The fraction of sp³-hybridized carbons (Fsp3) is 0.389. The Balaban J connectivity index is 1.55. The molecule has 2 aromatic heterocycles. The summed E-state index contributed by atoms with van der Waals surface area (Å²) in [7, 11) is 0. The number of alkyl halides is 3. The van der Waals surface area contributed by atoms with Gasteiger partial charge in [0.05, 0.1) is 6.61 Å². The van der Waals surface area contributed by atoms with Gasteiger partial charge in [0, 0.05) is 25.1 Å². The van der Waals surface area contributed by atoms with Gasteiger partial charge < -0.3 is 9.64 Å². The van der Waals surface area contributed by atoms with Crippen LogP contribution < -0.4 is 9.64 Å². The van der Waals surface area contributed by atoms with Crippen LogP contribution in [0.3, 0.4) is 0 Å². The zero-order valence-electron chi connectivity index (χ0n) is 14.4. The van der Waals surface area contributed by atoms with Crippen molar-refractivity contribution >= 4 is 11.6 Å². The molecule has 1 aliphatic rings. The highest BCUT2D eigenvalue weighted by atomic mass is 19.4. The monoisotopic (exact) mass is 377 g/mol. The minimum absolute atomic E-state index is 0.0533. The van der Waals surface area contributed by atoms with Crippen molar-refractivity contribution in [3.8, 4) is 5.75 Å². The number of aromatic nitrogens is 4. The highest BCUT2D eigenvalue weighted by molar-refractivity contribution is 5.48. The maximum Gasteiger partial charge on any atom is 0.433 e. The first-order valence-electron chi connectivity index (χ1n) is 8.71. The molecule has 3 aromatic rings. The zero-order valence-corrected chi connectivity index (χ0v) is 14.4. The van der Waals surface area contributed by atoms with Gasteiger partial charge in [-0.25, -0.2) is 4.98 Å². The minimum atomic E-state index is -4.53. The summed E-state index contributed by atoms with van der Waals surface area (Å²) in [5, 5.41) is 4.04. The van der Waals surface area contributed by atoms with Crippen molar-refractivity contribution in [1.82, 2.24) is 19.6 Å². The largest absolute Gasteiger partial charge is 0.493 e. The average Bonchev–Trinajstić information content (AvgIpc) is 3.15. The Bertz CT molecular complexity index is 912. The Hall–Kier alpha value is -2.84. The number of benzene rings is 1. The number of piperidine rings is 1. The number of fused-ring (bicyclic) bond motifs is 1. The van der Waals surface area contributed by atoms with Crippen LogP contribution in [0.4, 0.5) is 19.0 Å². The van der Waals surface area contributed by atoms with Gasteiger partial charge in [0.15, 0.2) is 5.69 Å². The molecule has 0 N–H and O–H groups in total. The molecule has 6 nitrogen and oxygen atoms in total. The molecule has 0 saturated carbocycles. The van der Waals surface area contributed by atoms with E-state index < -0.39 is 11.9 Å². The van der Waals surface area contributed by atoms with Crippen LogP contribution in [-0.2, 0) is 6.18 Å². The molecule has 0 bridgehead atoms. The van der Waals surface area contributed by atoms with Gasteiger partial charge in [0.1, 0.15) is 17.9 Å². The van der Waals surface area contributed by atoms with Gasteiger partial charge in [-0.2, -0.15) is 27.8 Å². The zero-order chi connectivity index (χ0) is 18.9. The Morgan fingerprint density at radius 2 is 2.00 bits per heavy atom. The molecular formula is C18H18F3N5O. The Labute approximate surface area is 153 Å². The summed E-state index contributed by atoms with van der Waals surface area (Å²) in [5.74, 6) is 1.30. The molecule has 1 fully saturated rings. The normalized spacial score (nSPS) is 18.0. The van der Waals surface area contributed by atoms with E-state index in [-0.39, 0.29) is 11.7 Å². The van der Waals surface area contributed by atoms with Crippen molar-refractivity contribution < 1.29 is 17.9 Å². The summed E-state index contributed by atoms with van der Waals surface area (Å²) in [6.07, 6.45) is -1.50. The molecule has 0 radical (unpaired) electrons. The average molecular weight is 377 g/mol. The Morgan fingerprint density at radius 3 is 2.78 bits per heavy atom. The summed E-state index contributed by atoms with van der Waals surface area (Å²) >= 11 is 0. The number of anilines is 1. The first-order valence-corrected chi connectivity index (χ1v) is 8.71. The molecule has 27 heavy (non-hydrogen) atoms. The van der Waals surface area contributed by atoms with Gasteiger partial charge in [-0.1, -0.05) is 18.2 Å².